The fraction of sp³-hybridized carbons (Fsp3) is 0.118. The summed E-state index contributed by atoms with van der Waals surface area (Å²) in [7, 11) is 0. The van der Waals surface area contributed by atoms with Gasteiger partial charge in [-0.3, -0.25) is 4.79 Å². The Balaban J connectivity index is 1.94. The molecule has 2 aromatic carbocycles. The predicted octanol–water partition coefficient (Wildman–Crippen LogP) is 4.09. The molecule has 4 nitrogen and oxygen atoms in total. The van der Waals surface area contributed by atoms with E-state index in [-0.39, 0.29) is 17.5 Å². The van der Waals surface area contributed by atoms with Crippen molar-refractivity contribution in [1.82, 2.24) is 0 Å². The first-order valence-corrected chi connectivity index (χ1v) is 7.29. The molecule has 23 heavy (non-hydrogen) atoms. The van der Waals surface area contributed by atoms with Gasteiger partial charge in [0.05, 0.1) is 17.3 Å². The van der Waals surface area contributed by atoms with Crippen LogP contribution in [0.5, 0.6) is 5.75 Å². The van der Waals surface area contributed by atoms with Crippen LogP contribution in [0, 0.1) is 5.82 Å². The Bertz CT molecular complexity index is 707. The second-order valence-electron chi connectivity index (χ2n) is 4.63. The van der Waals surface area contributed by atoms with E-state index in [9.17, 15) is 9.18 Å². The Morgan fingerprint density at radius 1 is 1.30 bits per heavy atom. The van der Waals surface area contributed by atoms with Crippen LogP contribution < -0.4 is 15.4 Å². The van der Waals surface area contributed by atoms with Crippen molar-refractivity contribution < 1.29 is 13.9 Å². The predicted molar refractivity (Wildman–Crippen MR) is 90.7 cm³/mol. The number of para-hydroxylation sites is 2. The number of nitrogens with one attached hydrogen (secondary N) is 2. The van der Waals surface area contributed by atoms with Crippen LogP contribution >= 0.6 is 11.6 Å². The number of carbonyl (C=O) groups excluding carboxylic acids is 1. The van der Waals surface area contributed by atoms with Crippen LogP contribution in [-0.4, -0.2) is 19.1 Å². The van der Waals surface area contributed by atoms with Gasteiger partial charge in [0.15, 0.2) is 0 Å². The highest BCUT2D eigenvalue weighted by atomic mass is 35.5. The molecule has 6 heteroatoms. The number of halogens is 2. The van der Waals surface area contributed by atoms with Gasteiger partial charge in [-0.05, 0) is 30.3 Å². The molecule has 0 bridgehead atoms. The van der Waals surface area contributed by atoms with Crippen LogP contribution in [0.3, 0.4) is 0 Å². The molecule has 0 aliphatic rings. The molecular weight excluding hydrogens is 319 g/mol. The summed E-state index contributed by atoms with van der Waals surface area (Å²) in [4.78, 5) is 11.9. The largest absolute Gasteiger partial charge is 0.487 e. The van der Waals surface area contributed by atoms with Crippen LogP contribution in [0.1, 0.15) is 0 Å². The fourth-order valence-electron chi connectivity index (χ4n) is 1.84. The van der Waals surface area contributed by atoms with Crippen molar-refractivity contribution in [3.8, 4) is 5.75 Å². The van der Waals surface area contributed by atoms with E-state index in [4.69, 9.17) is 16.3 Å². The number of carbonyl (C=O) groups is 1. The minimum Gasteiger partial charge on any atom is -0.487 e. The zero-order chi connectivity index (χ0) is 16.7. The van der Waals surface area contributed by atoms with E-state index >= 15 is 0 Å². The zero-order valence-corrected chi connectivity index (χ0v) is 13.1. The lowest BCUT2D eigenvalue weighted by Crippen LogP contribution is -2.22. The molecule has 1 amide bonds. The van der Waals surface area contributed by atoms with E-state index in [1.807, 2.05) is 12.1 Å². The maximum absolute atomic E-state index is 13.1. The molecule has 0 fully saturated rings. The molecule has 0 saturated carbocycles. The van der Waals surface area contributed by atoms with Crippen LogP contribution in [0.25, 0.3) is 0 Å². The van der Waals surface area contributed by atoms with E-state index in [1.165, 1.54) is 18.2 Å². The maximum atomic E-state index is 13.1. The van der Waals surface area contributed by atoms with Crippen LogP contribution in [-0.2, 0) is 4.79 Å². The molecule has 0 aromatic heterocycles. The molecule has 0 spiro atoms. The first kappa shape index (κ1) is 16.8. The highest BCUT2D eigenvalue weighted by Gasteiger charge is 2.07. The van der Waals surface area contributed by atoms with E-state index in [1.54, 1.807) is 18.2 Å². The summed E-state index contributed by atoms with van der Waals surface area (Å²) in [5, 5.41) is 5.58. The lowest BCUT2D eigenvalue weighted by Gasteiger charge is -2.12. The molecule has 0 unspecified atom stereocenters. The van der Waals surface area contributed by atoms with Crippen molar-refractivity contribution in [3.63, 3.8) is 0 Å². The highest BCUT2D eigenvalue weighted by Crippen LogP contribution is 2.23. The average molecular weight is 335 g/mol. The van der Waals surface area contributed by atoms with Gasteiger partial charge in [0.25, 0.3) is 0 Å². The Morgan fingerprint density at radius 2 is 2.09 bits per heavy atom. The number of hydrogen-bond donors (Lipinski definition) is 2. The van der Waals surface area contributed by atoms with Gasteiger partial charge >= 0.3 is 0 Å². The minimum absolute atomic E-state index is 0.0312. The molecular formula is C17H16ClFN2O2. The van der Waals surface area contributed by atoms with Crippen LogP contribution in [0.15, 0.2) is 55.1 Å². The number of hydrogen-bond acceptors (Lipinski definition) is 3. The van der Waals surface area contributed by atoms with E-state index in [0.29, 0.717) is 23.7 Å². The van der Waals surface area contributed by atoms with Crippen molar-refractivity contribution in [2.45, 2.75) is 0 Å². The van der Waals surface area contributed by atoms with Gasteiger partial charge in [-0.1, -0.05) is 36.4 Å². The molecule has 2 rings (SSSR count). The molecule has 2 aromatic rings. The van der Waals surface area contributed by atoms with Crippen molar-refractivity contribution >= 4 is 28.9 Å². The second kappa shape index (κ2) is 8.19. The molecule has 0 heterocycles. The van der Waals surface area contributed by atoms with Gasteiger partial charge in [0.2, 0.25) is 5.91 Å². The first-order valence-electron chi connectivity index (χ1n) is 6.91. The normalized spacial score (nSPS) is 10.0. The number of ether oxygens (including phenoxy) is 1. The van der Waals surface area contributed by atoms with Crippen molar-refractivity contribution in [2.24, 2.45) is 0 Å². The number of benzene rings is 2. The van der Waals surface area contributed by atoms with Crippen molar-refractivity contribution in [2.75, 3.05) is 23.8 Å². The summed E-state index contributed by atoms with van der Waals surface area (Å²) in [6.45, 7) is 4.00. The summed E-state index contributed by atoms with van der Waals surface area (Å²) < 4.78 is 18.6. The summed E-state index contributed by atoms with van der Waals surface area (Å²) in [5.41, 5.74) is 1.13. The third-order valence-electron chi connectivity index (χ3n) is 2.89. The van der Waals surface area contributed by atoms with Gasteiger partial charge in [-0.15, -0.1) is 0 Å². The van der Waals surface area contributed by atoms with Gasteiger partial charge in [-0.25, -0.2) is 4.39 Å². The smallest absolute Gasteiger partial charge is 0.243 e. The third-order valence-corrected chi connectivity index (χ3v) is 3.18. The number of rotatable bonds is 7. The lowest BCUT2D eigenvalue weighted by atomic mass is 10.3. The minimum atomic E-state index is -0.531. The Hall–Kier alpha value is -2.53. The standard InChI is InChI=1S/C17H16ClFN2O2/c1-2-9-23-16-6-4-3-5-15(16)20-11-17(22)21-12-7-8-14(19)13(18)10-12/h2-8,10,20H,1,9,11H2,(H,21,22). The quantitative estimate of drug-likeness (QED) is 0.750. The lowest BCUT2D eigenvalue weighted by molar-refractivity contribution is -0.114. The first-order chi connectivity index (χ1) is 11.1. The van der Waals surface area contributed by atoms with Gasteiger partial charge in [0.1, 0.15) is 18.2 Å². The molecule has 0 radical (unpaired) electrons. The summed E-state index contributed by atoms with van der Waals surface area (Å²) in [6.07, 6.45) is 1.64. The number of amides is 1. The molecule has 0 atom stereocenters. The summed E-state index contributed by atoms with van der Waals surface area (Å²) >= 11 is 5.67. The van der Waals surface area contributed by atoms with Gasteiger partial charge < -0.3 is 15.4 Å². The van der Waals surface area contributed by atoms with E-state index in [2.05, 4.69) is 17.2 Å². The second-order valence-corrected chi connectivity index (χ2v) is 5.03. The maximum Gasteiger partial charge on any atom is 0.243 e. The average Bonchev–Trinajstić information content (AvgIpc) is 2.55. The van der Waals surface area contributed by atoms with E-state index < -0.39 is 5.82 Å². The Morgan fingerprint density at radius 3 is 2.83 bits per heavy atom. The van der Waals surface area contributed by atoms with Crippen molar-refractivity contribution in [3.05, 3.63) is 66.0 Å². The Labute approximate surface area is 138 Å². The molecule has 2 N–H and O–H groups in total. The van der Waals surface area contributed by atoms with Crippen LogP contribution in [0.2, 0.25) is 5.02 Å². The molecule has 0 aliphatic heterocycles. The number of anilines is 2. The van der Waals surface area contributed by atoms with E-state index in [0.717, 1.165) is 0 Å². The van der Waals surface area contributed by atoms with Crippen LogP contribution in [0.4, 0.5) is 15.8 Å². The molecule has 120 valence electrons. The summed E-state index contributed by atoms with van der Waals surface area (Å²) in [6, 6.07) is 11.3. The molecule has 0 saturated heterocycles. The zero-order valence-electron chi connectivity index (χ0n) is 12.3. The monoisotopic (exact) mass is 334 g/mol. The SMILES string of the molecule is C=CCOc1ccccc1NCC(=O)Nc1ccc(F)c(Cl)c1. The third kappa shape index (κ3) is 5.00. The summed E-state index contributed by atoms with van der Waals surface area (Å²) in [5.74, 6) is -0.188. The fourth-order valence-corrected chi connectivity index (χ4v) is 2.02. The highest BCUT2D eigenvalue weighted by molar-refractivity contribution is 6.31. The van der Waals surface area contributed by atoms with Crippen molar-refractivity contribution in [1.29, 1.82) is 0 Å². The van der Waals surface area contributed by atoms with Gasteiger partial charge in [0, 0.05) is 5.69 Å². The van der Waals surface area contributed by atoms with Gasteiger partial charge in [-0.2, -0.15) is 0 Å². The Kier molecular flexibility index (Phi) is 6.00. The molecule has 0 aliphatic carbocycles. The topological polar surface area (TPSA) is 50.4 Å².